The molecule has 1 fully saturated rings. The minimum absolute atomic E-state index is 0.240. The van der Waals surface area contributed by atoms with Gasteiger partial charge in [-0.2, -0.15) is 0 Å². The van der Waals surface area contributed by atoms with Crippen LogP contribution >= 0.6 is 0 Å². The summed E-state index contributed by atoms with van der Waals surface area (Å²) >= 11 is 0. The van der Waals surface area contributed by atoms with Crippen molar-refractivity contribution >= 4 is 16.8 Å². The molecule has 0 saturated carbocycles. The molecule has 1 aromatic heterocycles. The molecule has 1 aliphatic heterocycles. The maximum absolute atomic E-state index is 12.6. The van der Waals surface area contributed by atoms with Gasteiger partial charge in [-0.05, 0) is 18.5 Å². The predicted molar refractivity (Wildman–Crippen MR) is 90.1 cm³/mol. The van der Waals surface area contributed by atoms with Gasteiger partial charge in [0.1, 0.15) is 0 Å². The summed E-state index contributed by atoms with van der Waals surface area (Å²) in [7, 11) is 3.70. The lowest BCUT2D eigenvalue weighted by molar-refractivity contribution is -0.137. The molecule has 1 aliphatic rings. The molecule has 124 valence electrons. The molecule has 0 radical (unpaired) electrons. The molecule has 0 aliphatic carbocycles. The number of nitrogens with two attached hydrogens (primary N) is 1. The number of aromatic amines is 1. The smallest absolute Gasteiger partial charge is 0.245 e. The fourth-order valence-corrected chi connectivity index (χ4v) is 3.53. The van der Waals surface area contributed by atoms with Crippen LogP contribution in [0.1, 0.15) is 5.56 Å². The monoisotopic (exact) mass is 316 g/mol. The average molecular weight is 316 g/mol. The minimum atomic E-state index is -0.958. The number of nitrogens with zero attached hydrogens (tertiary/aromatic N) is 2. The van der Waals surface area contributed by atoms with Crippen molar-refractivity contribution in [3.8, 4) is 0 Å². The Kier molecular flexibility index (Phi) is 4.39. The Hall–Kier alpha value is -1.89. The third-order valence-electron chi connectivity index (χ3n) is 4.84. The zero-order valence-electron chi connectivity index (χ0n) is 13.7. The lowest BCUT2D eigenvalue weighted by Gasteiger charge is -2.45. The van der Waals surface area contributed by atoms with Gasteiger partial charge in [0.15, 0.2) is 5.54 Å². The van der Waals surface area contributed by atoms with Crippen LogP contribution in [-0.4, -0.2) is 67.6 Å². The highest BCUT2D eigenvalue weighted by molar-refractivity contribution is 5.93. The summed E-state index contributed by atoms with van der Waals surface area (Å²) in [5.74, 6) is -0.369. The largest absolute Gasteiger partial charge is 0.382 e. The summed E-state index contributed by atoms with van der Waals surface area (Å²) in [4.78, 5) is 20.3. The molecular weight excluding hydrogens is 292 g/mol. The van der Waals surface area contributed by atoms with Gasteiger partial charge in [-0.15, -0.1) is 0 Å². The topological polar surface area (TPSA) is 74.6 Å². The molecule has 3 N–H and O–H groups in total. The Morgan fingerprint density at radius 1 is 1.30 bits per heavy atom. The summed E-state index contributed by atoms with van der Waals surface area (Å²) in [6.45, 7) is 3.60. The maximum Gasteiger partial charge on any atom is 0.245 e. The third-order valence-corrected chi connectivity index (χ3v) is 4.84. The number of ether oxygens (including phenoxy) is 1. The molecular formula is C17H24N4O2. The molecule has 23 heavy (non-hydrogen) atoms. The number of nitrogens with one attached hydrogen (secondary N) is 1. The van der Waals surface area contributed by atoms with Gasteiger partial charge >= 0.3 is 0 Å². The van der Waals surface area contributed by atoms with Crippen LogP contribution in [0.4, 0.5) is 0 Å². The number of rotatable bonds is 5. The van der Waals surface area contributed by atoms with E-state index < -0.39 is 5.54 Å². The van der Waals surface area contributed by atoms with E-state index in [4.69, 9.17) is 10.5 Å². The Labute approximate surface area is 136 Å². The van der Waals surface area contributed by atoms with Gasteiger partial charge in [0.2, 0.25) is 5.91 Å². The number of benzene rings is 1. The number of hydrogen-bond acceptors (Lipinski definition) is 4. The highest BCUT2D eigenvalue weighted by Gasteiger charge is 2.46. The van der Waals surface area contributed by atoms with Gasteiger partial charge < -0.3 is 20.4 Å². The van der Waals surface area contributed by atoms with Crippen LogP contribution in [0.3, 0.4) is 0 Å². The van der Waals surface area contributed by atoms with E-state index in [9.17, 15) is 4.79 Å². The molecule has 1 aromatic carbocycles. The van der Waals surface area contributed by atoms with Crippen LogP contribution < -0.4 is 5.73 Å². The third kappa shape index (κ3) is 2.63. The summed E-state index contributed by atoms with van der Waals surface area (Å²) in [5, 5.41) is 1.07. The number of para-hydroxylation sites is 1. The van der Waals surface area contributed by atoms with Crippen molar-refractivity contribution in [2.45, 2.75) is 5.54 Å². The molecule has 2 aromatic rings. The van der Waals surface area contributed by atoms with Crippen molar-refractivity contribution in [1.29, 1.82) is 0 Å². The first-order valence-corrected chi connectivity index (χ1v) is 7.88. The molecule has 1 atom stereocenters. The van der Waals surface area contributed by atoms with Crippen LogP contribution in [0.15, 0.2) is 30.5 Å². The number of carbonyl (C=O) groups excluding carboxylic acids is 1. The summed E-state index contributed by atoms with van der Waals surface area (Å²) < 4.78 is 5.46. The number of fused-ring (bicyclic) bond motifs is 1. The van der Waals surface area contributed by atoms with E-state index in [2.05, 4.69) is 21.8 Å². The van der Waals surface area contributed by atoms with Gasteiger partial charge in [-0.1, -0.05) is 18.2 Å². The van der Waals surface area contributed by atoms with Crippen LogP contribution in [0.5, 0.6) is 0 Å². The second-order valence-corrected chi connectivity index (χ2v) is 6.20. The standard InChI is InChI=1S/C17H24N4O2/c1-20-8-10-21(11-9-20)17(12-23-2,16(18)22)14-5-3-4-13-6-7-19-15(13)14/h3-7,19H,8-12H2,1-2H3,(H2,18,22). The molecule has 6 nitrogen and oxygen atoms in total. The number of carbonyl (C=O) groups is 1. The number of H-pyrrole nitrogens is 1. The Morgan fingerprint density at radius 2 is 2.04 bits per heavy atom. The number of amides is 1. The number of primary amides is 1. The van der Waals surface area contributed by atoms with Crippen molar-refractivity contribution in [1.82, 2.24) is 14.8 Å². The minimum Gasteiger partial charge on any atom is -0.382 e. The van der Waals surface area contributed by atoms with Gasteiger partial charge in [0.05, 0.1) is 12.1 Å². The second kappa shape index (κ2) is 6.31. The van der Waals surface area contributed by atoms with E-state index in [1.165, 1.54) is 0 Å². The molecule has 2 heterocycles. The first-order chi connectivity index (χ1) is 11.1. The van der Waals surface area contributed by atoms with E-state index in [0.717, 1.165) is 42.6 Å². The SMILES string of the molecule is COCC(C(N)=O)(c1cccc2cc[nH]c12)N1CCN(C)CC1. The van der Waals surface area contributed by atoms with Gasteiger partial charge in [0.25, 0.3) is 0 Å². The highest BCUT2D eigenvalue weighted by atomic mass is 16.5. The predicted octanol–water partition coefficient (Wildman–Crippen LogP) is 0.742. The second-order valence-electron chi connectivity index (χ2n) is 6.20. The van der Waals surface area contributed by atoms with Crippen molar-refractivity contribution in [2.24, 2.45) is 5.73 Å². The molecule has 1 amide bonds. The number of likely N-dealkylation sites (N-methyl/N-ethyl adjacent to an activating group) is 1. The summed E-state index contributed by atoms with van der Waals surface area (Å²) in [6, 6.07) is 7.97. The fraction of sp³-hybridized carbons (Fsp3) is 0.471. The molecule has 3 rings (SSSR count). The average Bonchev–Trinajstić information content (AvgIpc) is 3.02. The van der Waals surface area contributed by atoms with E-state index in [-0.39, 0.29) is 12.5 Å². The van der Waals surface area contributed by atoms with Gasteiger partial charge in [-0.3, -0.25) is 9.69 Å². The van der Waals surface area contributed by atoms with E-state index >= 15 is 0 Å². The zero-order valence-corrected chi connectivity index (χ0v) is 13.7. The Bertz CT molecular complexity index is 691. The molecule has 0 bridgehead atoms. The van der Waals surface area contributed by atoms with Crippen LogP contribution in [0.25, 0.3) is 10.9 Å². The van der Waals surface area contributed by atoms with E-state index in [1.807, 2.05) is 30.5 Å². The lowest BCUT2D eigenvalue weighted by atomic mass is 9.85. The van der Waals surface area contributed by atoms with Gasteiger partial charge in [0, 0.05) is 45.0 Å². The van der Waals surface area contributed by atoms with Crippen LogP contribution in [0.2, 0.25) is 0 Å². The number of aromatic nitrogens is 1. The molecule has 6 heteroatoms. The van der Waals surface area contributed by atoms with Crippen molar-refractivity contribution < 1.29 is 9.53 Å². The molecule has 0 spiro atoms. The Balaban J connectivity index is 2.15. The van der Waals surface area contributed by atoms with Crippen LogP contribution in [-0.2, 0) is 15.1 Å². The highest BCUT2D eigenvalue weighted by Crippen LogP contribution is 2.34. The molecule has 1 unspecified atom stereocenters. The first kappa shape index (κ1) is 16.0. The van der Waals surface area contributed by atoms with Crippen molar-refractivity contribution in [3.05, 3.63) is 36.0 Å². The summed E-state index contributed by atoms with van der Waals surface area (Å²) in [6.07, 6.45) is 1.89. The van der Waals surface area contributed by atoms with Crippen molar-refractivity contribution in [3.63, 3.8) is 0 Å². The quantitative estimate of drug-likeness (QED) is 0.853. The maximum atomic E-state index is 12.6. The van der Waals surface area contributed by atoms with Crippen LogP contribution in [0, 0.1) is 0 Å². The first-order valence-electron chi connectivity index (χ1n) is 7.88. The van der Waals surface area contributed by atoms with E-state index in [1.54, 1.807) is 7.11 Å². The van der Waals surface area contributed by atoms with Gasteiger partial charge in [-0.25, -0.2) is 0 Å². The number of piperazine rings is 1. The van der Waals surface area contributed by atoms with E-state index in [0.29, 0.717) is 0 Å². The Morgan fingerprint density at radius 3 is 2.70 bits per heavy atom. The molecule has 1 saturated heterocycles. The lowest BCUT2D eigenvalue weighted by Crippen LogP contribution is -2.62. The van der Waals surface area contributed by atoms with Crippen molar-refractivity contribution in [2.75, 3.05) is 46.9 Å². The number of hydrogen-bond donors (Lipinski definition) is 2. The summed E-state index contributed by atoms with van der Waals surface area (Å²) in [5.41, 5.74) is 6.80. The zero-order chi connectivity index (χ0) is 16.4. The number of methoxy groups -OCH3 is 1. The fourth-order valence-electron chi connectivity index (χ4n) is 3.53. The normalized spacial score (nSPS) is 19.7.